The number of fused-ring (bicyclic) bond motifs is 1. The molecule has 3 nitrogen and oxygen atoms in total. The van der Waals surface area contributed by atoms with Gasteiger partial charge in [-0.05, 0) is 51.2 Å². The van der Waals surface area contributed by atoms with Crippen molar-refractivity contribution in [3.05, 3.63) is 51.9 Å². The van der Waals surface area contributed by atoms with Crippen LogP contribution in [0.5, 0.6) is 0 Å². The van der Waals surface area contributed by atoms with Gasteiger partial charge in [0.05, 0.1) is 11.6 Å². The summed E-state index contributed by atoms with van der Waals surface area (Å²) in [6, 6.07) is 6.96. The van der Waals surface area contributed by atoms with Gasteiger partial charge in [0.15, 0.2) is 4.77 Å². The van der Waals surface area contributed by atoms with E-state index in [2.05, 4.69) is 4.98 Å². The number of para-hydroxylation sites is 1. The van der Waals surface area contributed by atoms with Crippen LogP contribution in [0.25, 0.3) is 11.0 Å². The summed E-state index contributed by atoms with van der Waals surface area (Å²) in [6.07, 6.45) is 0. The molecule has 1 unspecified atom stereocenters. The van der Waals surface area contributed by atoms with Gasteiger partial charge in [0.1, 0.15) is 22.9 Å². The number of benzene rings is 1. The monoisotopic (exact) mass is 290 g/mol. The Morgan fingerprint density at radius 3 is 2.75 bits per heavy atom. The van der Waals surface area contributed by atoms with E-state index in [1.54, 1.807) is 6.07 Å². The lowest BCUT2D eigenvalue weighted by Gasteiger charge is -2.14. The van der Waals surface area contributed by atoms with E-state index in [9.17, 15) is 4.39 Å². The summed E-state index contributed by atoms with van der Waals surface area (Å²) in [5.74, 6) is 1.43. The van der Waals surface area contributed by atoms with E-state index >= 15 is 0 Å². The van der Waals surface area contributed by atoms with Crippen LogP contribution in [-0.4, -0.2) is 9.55 Å². The quantitative estimate of drug-likeness (QED) is 0.697. The van der Waals surface area contributed by atoms with Gasteiger partial charge in [0.2, 0.25) is 0 Å². The number of furan rings is 1. The second-order valence-corrected chi connectivity index (χ2v) is 5.37. The highest BCUT2D eigenvalue weighted by molar-refractivity contribution is 7.71. The van der Waals surface area contributed by atoms with Crippen LogP contribution in [-0.2, 0) is 0 Å². The maximum Gasteiger partial charge on any atom is 0.178 e. The summed E-state index contributed by atoms with van der Waals surface area (Å²) in [7, 11) is 0. The minimum absolute atomic E-state index is 0.0181. The molecule has 0 spiro atoms. The van der Waals surface area contributed by atoms with Gasteiger partial charge in [0, 0.05) is 5.56 Å². The smallest absolute Gasteiger partial charge is 0.178 e. The third kappa shape index (κ3) is 1.89. The van der Waals surface area contributed by atoms with Gasteiger partial charge < -0.3 is 14.0 Å². The molecule has 0 amide bonds. The molecule has 0 bridgehead atoms. The zero-order chi connectivity index (χ0) is 14.4. The maximum atomic E-state index is 13.8. The molecule has 2 aromatic heterocycles. The van der Waals surface area contributed by atoms with Crippen molar-refractivity contribution in [2.24, 2.45) is 0 Å². The Labute approximate surface area is 121 Å². The molecule has 2 heterocycles. The van der Waals surface area contributed by atoms with Crippen molar-refractivity contribution in [3.63, 3.8) is 0 Å². The fraction of sp³-hybridized carbons (Fsp3) is 0.267. The van der Waals surface area contributed by atoms with Crippen LogP contribution in [0, 0.1) is 24.4 Å². The molecule has 0 saturated carbocycles. The van der Waals surface area contributed by atoms with Crippen molar-refractivity contribution >= 4 is 23.3 Å². The number of nitrogens with zero attached hydrogens (tertiary/aromatic N) is 1. The van der Waals surface area contributed by atoms with E-state index in [1.807, 2.05) is 37.5 Å². The predicted molar refractivity (Wildman–Crippen MR) is 79.1 cm³/mol. The summed E-state index contributed by atoms with van der Waals surface area (Å²) >= 11 is 5.35. The lowest BCUT2D eigenvalue weighted by atomic mass is 10.1. The van der Waals surface area contributed by atoms with Gasteiger partial charge in [-0.25, -0.2) is 4.39 Å². The van der Waals surface area contributed by atoms with Crippen molar-refractivity contribution in [2.75, 3.05) is 0 Å². The molecule has 0 saturated heterocycles. The van der Waals surface area contributed by atoms with Gasteiger partial charge in [-0.2, -0.15) is 0 Å². The van der Waals surface area contributed by atoms with E-state index in [0.717, 1.165) is 22.6 Å². The van der Waals surface area contributed by atoms with E-state index < -0.39 is 0 Å². The molecule has 5 heteroatoms. The van der Waals surface area contributed by atoms with Gasteiger partial charge in [-0.15, -0.1) is 0 Å². The van der Waals surface area contributed by atoms with E-state index in [-0.39, 0.29) is 11.9 Å². The van der Waals surface area contributed by atoms with Crippen LogP contribution >= 0.6 is 12.2 Å². The Balaban J connectivity index is 2.24. The Morgan fingerprint density at radius 2 is 2.10 bits per heavy atom. The molecular formula is C15H15FN2OS. The highest BCUT2D eigenvalue weighted by Crippen LogP contribution is 2.29. The number of imidazole rings is 1. The number of aromatic nitrogens is 2. The topological polar surface area (TPSA) is 33.9 Å². The minimum atomic E-state index is -0.292. The highest BCUT2D eigenvalue weighted by Gasteiger charge is 2.18. The average Bonchev–Trinajstić information content (AvgIpc) is 2.89. The molecule has 104 valence electrons. The molecule has 0 fully saturated rings. The van der Waals surface area contributed by atoms with Crippen molar-refractivity contribution in [3.8, 4) is 0 Å². The molecule has 0 aliphatic heterocycles. The first-order valence-electron chi connectivity index (χ1n) is 6.44. The number of aromatic amines is 1. The van der Waals surface area contributed by atoms with Crippen LogP contribution in [0.1, 0.15) is 30.0 Å². The molecule has 0 aliphatic rings. The molecule has 20 heavy (non-hydrogen) atoms. The molecule has 0 aliphatic carbocycles. The van der Waals surface area contributed by atoms with E-state index in [4.69, 9.17) is 16.6 Å². The van der Waals surface area contributed by atoms with Gasteiger partial charge in [0.25, 0.3) is 0 Å². The van der Waals surface area contributed by atoms with E-state index in [0.29, 0.717) is 10.3 Å². The predicted octanol–water partition coefficient (Wildman–Crippen LogP) is 4.66. The summed E-state index contributed by atoms with van der Waals surface area (Å²) in [6.45, 7) is 5.88. The second-order valence-electron chi connectivity index (χ2n) is 4.98. The Hall–Kier alpha value is -1.88. The molecule has 1 N–H and O–H groups in total. The minimum Gasteiger partial charge on any atom is -0.466 e. The number of H-pyrrole nitrogens is 1. The SMILES string of the molecule is Cc1cc(C(C)n2c(=S)[nH]c3c(F)cccc32)c(C)o1. The number of rotatable bonds is 2. The van der Waals surface area contributed by atoms with Crippen LogP contribution in [0.2, 0.25) is 0 Å². The first kappa shape index (κ1) is 13.1. The number of aryl methyl sites for hydroxylation is 2. The Kier molecular flexibility index (Phi) is 3.01. The number of nitrogens with one attached hydrogen (secondary N) is 1. The van der Waals surface area contributed by atoms with Crippen molar-refractivity contribution in [1.82, 2.24) is 9.55 Å². The van der Waals surface area contributed by atoms with Gasteiger partial charge in [-0.3, -0.25) is 0 Å². The largest absolute Gasteiger partial charge is 0.466 e. The maximum absolute atomic E-state index is 13.8. The van der Waals surface area contributed by atoms with Gasteiger partial charge in [-0.1, -0.05) is 6.07 Å². The van der Waals surface area contributed by atoms with Crippen LogP contribution in [0.4, 0.5) is 4.39 Å². The summed E-state index contributed by atoms with van der Waals surface area (Å²) in [5, 5.41) is 0. The first-order chi connectivity index (χ1) is 9.49. The lowest BCUT2D eigenvalue weighted by Crippen LogP contribution is -2.07. The fourth-order valence-corrected chi connectivity index (χ4v) is 3.06. The molecule has 0 radical (unpaired) electrons. The standard InChI is InChI=1S/C15H15FN2OS/c1-8-7-11(10(3)19-8)9(2)18-13-6-4-5-12(16)14(13)17-15(18)20/h4-7,9H,1-3H3,(H,17,20). The fourth-order valence-electron chi connectivity index (χ4n) is 2.70. The zero-order valence-electron chi connectivity index (χ0n) is 11.5. The molecular weight excluding hydrogens is 275 g/mol. The third-order valence-corrected chi connectivity index (χ3v) is 3.92. The van der Waals surface area contributed by atoms with Gasteiger partial charge >= 0.3 is 0 Å². The number of hydrogen-bond donors (Lipinski definition) is 1. The van der Waals surface area contributed by atoms with Crippen molar-refractivity contribution in [2.45, 2.75) is 26.8 Å². The molecule has 3 rings (SSSR count). The first-order valence-corrected chi connectivity index (χ1v) is 6.85. The van der Waals surface area contributed by atoms with Crippen molar-refractivity contribution in [1.29, 1.82) is 0 Å². The summed E-state index contributed by atoms with van der Waals surface area (Å²) < 4.78 is 21.8. The molecule has 3 aromatic rings. The summed E-state index contributed by atoms with van der Waals surface area (Å²) in [4.78, 5) is 2.94. The summed E-state index contributed by atoms with van der Waals surface area (Å²) in [5.41, 5.74) is 2.27. The van der Waals surface area contributed by atoms with E-state index in [1.165, 1.54) is 6.07 Å². The second kappa shape index (κ2) is 4.59. The number of halogens is 1. The highest BCUT2D eigenvalue weighted by atomic mass is 32.1. The zero-order valence-corrected chi connectivity index (χ0v) is 12.3. The number of hydrogen-bond acceptors (Lipinski definition) is 2. The van der Waals surface area contributed by atoms with Crippen LogP contribution in [0.3, 0.4) is 0 Å². The molecule has 1 aromatic carbocycles. The van der Waals surface area contributed by atoms with Crippen LogP contribution < -0.4 is 0 Å². The Morgan fingerprint density at radius 1 is 1.35 bits per heavy atom. The average molecular weight is 290 g/mol. The molecule has 1 atom stereocenters. The Bertz CT molecular complexity index is 843. The normalized spacial score (nSPS) is 13.0. The lowest BCUT2D eigenvalue weighted by molar-refractivity contribution is 0.495. The van der Waals surface area contributed by atoms with Crippen LogP contribution in [0.15, 0.2) is 28.7 Å². The third-order valence-electron chi connectivity index (χ3n) is 3.62. The van der Waals surface area contributed by atoms with Crippen molar-refractivity contribution < 1.29 is 8.81 Å².